The number of carbonyl (C=O) groups excluding carboxylic acids is 3. The number of nitrogens with zero attached hydrogens (tertiary/aromatic N) is 4. The van der Waals surface area contributed by atoms with Crippen molar-refractivity contribution in [2.24, 2.45) is 0 Å². The van der Waals surface area contributed by atoms with Crippen LogP contribution in [0.15, 0.2) is 60.7 Å². The van der Waals surface area contributed by atoms with E-state index in [0.717, 1.165) is 38.2 Å². The maximum absolute atomic E-state index is 12.4. The molecule has 2 aromatic carbocycles. The minimum Gasteiger partial charge on any atom is -0.444 e. The SMILES string of the molecule is CC(C)(C)OC(=O)N1CC[C@H]2[C@H](C1)OCC(=O)N2Cc1ccccc1.CC(C)(C)OC(=O)N1CC[C@H]2[C@H](C1)OCCN2Cc1ccccc1.[B]. The molecular weight excluding hydrogens is 635 g/mol. The zero-order valence-electron chi connectivity index (χ0n) is 30.6. The minimum absolute atomic E-state index is 0. The van der Waals surface area contributed by atoms with Crippen LogP contribution in [0.5, 0.6) is 0 Å². The molecule has 0 aromatic heterocycles. The molecule has 50 heavy (non-hydrogen) atoms. The van der Waals surface area contributed by atoms with Crippen LogP contribution in [-0.2, 0) is 36.8 Å². The van der Waals surface area contributed by atoms with Crippen molar-refractivity contribution in [3.8, 4) is 0 Å². The topological polar surface area (TPSA) is 101 Å². The van der Waals surface area contributed by atoms with Crippen molar-refractivity contribution in [1.29, 1.82) is 0 Å². The van der Waals surface area contributed by atoms with E-state index in [9.17, 15) is 14.4 Å². The Bertz CT molecular complexity index is 1400. The minimum atomic E-state index is -0.517. The largest absolute Gasteiger partial charge is 0.444 e. The monoisotopic (exact) mass is 689 g/mol. The van der Waals surface area contributed by atoms with Crippen LogP contribution in [0.25, 0.3) is 0 Å². The summed E-state index contributed by atoms with van der Waals surface area (Å²) in [5.74, 6) is 0.0100. The summed E-state index contributed by atoms with van der Waals surface area (Å²) in [5.41, 5.74) is 1.45. The lowest BCUT2D eigenvalue weighted by Crippen LogP contribution is -2.61. The van der Waals surface area contributed by atoms with Gasteiger partial charge >= 0.3 is 12.2 Å². The summed E-state index contributed by atoms with van der Waals surface area (Å²) in [7, 11) is 0. The highest BCUT2D eigenvalue weighted by Gasteiger charge is 2.42. The Labute approximate surface area is 299 Å². The summed E-state index contributed by atoms with van der Waals surface area (Å²) >= 11 is 0. The molecule has 6 rings (SSSR count). The molecular formula is C38H54BN4O7. The highest BCUT2D eigenvalue weighted by molar-refractivity contribution is 5.79. The van der Waals surface area contributed by atoms with Gasteiger partial charge in [-0.1, -0.05) is 60.7 Å². The highest BCUT2D eigenvalue weighted by atomic mass is 16.6. The van der Waals surface area contributed by atoms with E-state index in [4.69, 9.17) is 18.9 Å². The molecule has 4 heterocycles. The first kappa shape index (κ1) is 39.2. The van der Waals surface area contributed by atoms with Crippen molar-refractivity contribution < 1.29 is 33.3 Å². The number of fused-ring (bicyclic) bond motifs is 2. The van der Waals surface area contributed by atoms with Gasteiger partial charge in [-0.15, -0.1) is 0 Å². The number of benzene rings is 2. The number of likely N-dealkylation sites (tertiary alicyclic amines) is 2. The maximum atomic E-state index is 12.4. The summed E-state index contributed by atoms with van der Waals surface area (Å²) < 4.78 is 22.6. The van der Waals surface area contributed by atoms with Crippen LogP contribution in [0.1, 0.15) is 65.5 Å². The first-order chi connectivity index (χ1) is 23.3. The first-order valence-electron chi connectivity index (χ1n) is 17.6. The molecule has 2 aromatic rings. The molecule has 12 heteroatoms. The number of ether oxygens (including phenoxy) is 4. The fourth-order valence-electron chi connectivity index (χ4n) is 6.83. The predicted octanol–water partition coefficient (Wildman–Crippen LogP) is 4.94. The second-order valence-electron chi connectivity index (χ2n) is 15.3. The number of rotatable bonds is 4. The van der Waals surface area contributed by atoms with Gasteiger partial charge in [0.25, 0.3) is 0 Å². The van der Waals surface area contributed by atoms with Gasteiger partial charge in [0, 0.05) is 47.2 Å². The van der Waals surface area contributed by atoms with Gasteiger partial charge in [-0.05, 0) is 65.5 Å². The lowest BCUT2D eigenvalue weighted by Gasteiger charge is -2.46. The van der Waals surface area contributed by atoms with E-state index in [-0.39, 0.29) is 51.4 Å². The summed E-state index contributed by atoms with van der Waals surface area (Å²) in [6.07, 6.45) is 0.983. The fraction of sp³-hybridized carbons (Fsp3) is 0.605. The molecule has 0 bridgehead atoms. The normalized spacial score (nSPS) is 24.1. The predicted molar refractivity (Wildman–Crippen MR) is 192 cm³/mol. The van der Waals surface area contributed by atoms with Gasteiger partial charge in [0.05, 0.1) is 37.9 Å². The lowest BCUT2D eigenvalue weighted by atomic mass is 9.97. The van der Waals surface area contributed by atoms with E-state index in [1.54, 1.807) is 9.80 Å². The van der Waals surface area contributed by atoms with Crippen LogP contribution in [-0.4, -0.2) is 128 Å². The van der Waals surface area contributed by atoms with E-state index in [1.165, 1.54) is 5.56 Å². The number of hydrogen-bond donors (Lipinski definition) is 0. The zero-order valence-corrected chi connectivity index (χ0v) is 30.6. The van der Waals surface area contributed by atoms with Crippen LogP contribution in [0.3, 0.4) is 0 Å². The Kier molecular flexibility index (Phi) is 13.4. The van der Waals surface area contributed by atoms with Crippen molar-refractivity contribution in [2.75, 3.05) is 45.9 Å². The van der Waals surface area contributed by atoms with Crippen LogP contribution >= 0.6 is 0 Å². The molecule has 271 valence electrons. The average molecular weight is 690 g/mol. The maximum Gasteiger partial charge on any atom is 0.410 e. The lowest BCUT2D eigenvalue weighted by molar-refractivity contribution is -0.164. The quantitative estimate of drug-likeness (QED) is 0.417. The van der Waals surface area contributed by atoms with E-state index < -0.39 is 11.2 Å². The van der Waals surface area contributed by atoms with E-state index >= 15 is 0 Å². The zero-order chi connectivity index (χ0) is 35.2. The number of carbonyl (C=O) groups is 3. The highest BCUT2D eigenvalue weighted by Crippen LogP contribution is 2.28. The number of hydrogen-bond acceptors (Lipinski definition) is 8. The molecule has 0 aliphatic carbocycles. The van der Waals surface area contributed by atoms with Crippen LogP contribution in [0.4, 0.5) is 9.59 Å². The number of morpholine rings is 2. The van der Waals surface area contributed by atoms with Crippen LogP contribution in [0.2, 0.25) is 0 Å². The Hall–Kier alpha value is -3.61. The third-order valence-corrected chi connectivity index (χ3v) is 9.10. The third-order valence-electron chi connectivity index (χ3n) is 9.10. The van der Waals surface area contributed by atoms with Gasteiger partial charge in [-0.3, -0.25) is 9.69 Å². The number of amides is 3. The Balaban J connectivity index is 0.000000220. The van der Waals surface area contributed by atoms with E-state index in [0.29, 0.717) is 38.6 Å². The molecule has 3 radical (unpaired) electrons. The molecule has 3 amide bonds. The van der Waals surface area contributed by atoms with Crippen molar-refractivity contribution in [2.45, 2.75) is 103 Å². The van der Waals surface area contributed by atoms with Crippen molar-refractivity contribution in [1.82, 2.24) is 19.6 Å². The Morgan fingerprint density at radius 3 is 1.70 bits per heavy atom. The Morgan fingerprint density at radius 1 is 0.700 bits per heavy atom. The molecule has 0 N–H and O–H groups in total. The molecule has 4 aliphatic heterocycles. The molecule has 4 aliphatic rings. The summed E-state index contributed by atoms with van der Waals surface area (Å²) in [6.45, 7) is 16.9. The van der Waals surface area contributed by atoms with Gasteiger partial charge in [-0.25, -0.2) is 9.59 Å². The van der Waals surface area contributed by atoms with Gasteiger partial charge < -0.3 is 33.6 Å². The molecule has 0 spiro atoms. The molecule has 4 atom stereocenters. The second kappa shape index (κ2) is 17.1. The summed E-state index contributed by atoms with van der Waals surface area (Å²) in [5, 5.41) is 0. The molecule has 4 fully saturated rings. The summed E-state index contributed by atoms with van der Waals surface area (Å²) in [6, 6.07) is 20.9. The van der Waals surface area contributed by atoms with Crippen LogP contribution < -0.4 is 0 Å². The smallest absolute Gasteiger partial charge is 0.410 e. The molecule has 11 nitrogen and oxygen atoms in total. The van der Waals surface area contributed by atoms with Crippen molar-refractivity contribution in [3.63, 3.8) is 0 Å². The van der Waals surface area contributed by atoms with Crippen molar-refractivity contribution in [3.05, 3.63) is 71.8 Å². The van der Waals surface area contributed by atoms with E-state index in [2.05, 4.69) is 29.2 Å². The number of piperidine rings is 2. The second-order valence-corrected chi connectivity index (χ2v) is 15.3. The third kappa shape index (κ3) is 10.9. The standard InChI is InChI=1S/C19H26N2O4.C19H28N2O3.B/c1-19(2,3)25-18(23)20-10-9-15-16(12-20)24-13-17(22)21(15)11-14-7-5-4-6-8-14;1-19(2,3)24-18(22)21-10-9-16-17(14-21)23-12-11-20(16)13-15-7-5-4-6-8-15;/h4-8,15-16H,9-13H2,1-3H3;4-8,16-17H,9-14H2,1-3H3;/t15-,16-;16-,17-;/m00./s1. The van der Waals surface area contributed by atoms with Gasteiger partial charge in [-0.2, -0.15) is 0 Å². The average Bonchev–Trinajstić information content (AvgIpc) is 3.05. The molecule has 0 unspecified atom stereocenters. The van der Waals surface area contributed by atoms with Gasteiger partial charge in [0.15, 0.2) is 0 Å². The summed E-state index contributed by atoms with van der Waals surface area (Å²) in [4.78, 5) is 44.8. The first-order valence-corrected chi connectivity index (χ1v) is 17.6. The fourth-order valence-corrected chi connectivity index (χ4v) is 6.83. The molecule has 4 saturated heterocycles. The van der Waals surface area contributed by atoms with Gasteiger partial charge in [0.1, 0.15) is 17.8 Å². The van der Waals surface area contributed by atoms with Gasteiger partial charge in [0.2, 0.25) is 5.91 Å². The van der Waals surface area contributed by atoms with Crippen LogP contribution in [0, 0.1) is 0 Å². The van der Waals surface area contributed by atoms with Crippen molar-refractivity contribution >= 4 is 26.5 Å². The molecule has 0 saturated carbocycles. The van der Waals surface area contributed by atoms with E-state index in [1.807, 2.05) is 82.8 Å². The Morgan fingerprint density at radius 2 is 1.18 bits per heavy atom.